The molecule has 1 saturated heterocycles. The molecule has 0 spiro atoms. The van der Waals surface area contributed by atoms with Gasteiger partial charge in [-0.1, -0.05) is 42.5 Å². The van der Waals surface area contributed by atoms with Crippen LogP contribution in [0.1, 0.15) is 27.9 Å². The molecule has 0 N–H and O–H groups in total. The lowest BCUT2D eigenvalue weighted by atomic mass is 10.1. The Morgan fingerprint density at radius 2 is 1.72 bits per heavy atom. The molecule has 3 aromatic carbocycles. The van der Waals surface area contributed by atoms with Crippen molar-refractivity contribution < 1.29 is 23.5 Å². The Balaban J connectivity index is 1.27. The molecule has 0 saturated carbocycles. The predicted octanol–water partition coefficient (Wildman–Crippen LogP) is 4.59. The summed E-state index contributed by atoms with van der Waals surface area (Å²) in [6, 6.07) is 20.7. The lowest BCUT2D eigenvalue weighted by Crippen LogP contribution is -2.38. The molecule has 8 heteroatoms. The number of anilines is 1. The van der Waals surface area contributed by atoms with Crippen molar-refractivity contribution in [3.63, 3.8) is 0 Å². The maximum atomic E-state index is 14.4. The second kappa shape index (κ2) is 12.2. The standard InChI is InChI=1S/C31H32FN3O4/c1-33(15-6-16-34-17-19-38-20-18-34)30(36)24-13-11-23(12-14-24)21-29-31(37)35(22-25-7-2-3-8-26(25)32)27-9-4-5-10-28(27)39-29/h2-5,7-14,21H,6,15-20,22H2,1H3/b29-21-. The molecule has 1 fully saturated rings. The van der Waals surface area contributed by atoms with Crippen molar-refractivity contribution in [3.8, 4) is 5.75 Å². The molecule has 0 atom stereocenters. The Morgan fingerprint density at radius 3 is 2.49 bits per heavy atom. The first-order valence-electron chi connectivity index (χ1n) is 13.2. The molecule has 7 nitrogen and oxygen atoms in total. The minimum Gasteiger partial charge on any atom is -0.449 e. The summed E-state index contributed by atoms with van der Waals surface area (Å²) in [6.07, 6.45) is 2.55. The van der Waals surface area contributed by atoms with Crippen LogP contribution in [0.4, 0.5) is 10.1 Å². The maximum absolute atomic E-state index is 14.4. The van der Waals surface area contributed by atoms with Gasteiger partial charge in [-0.2, -0.15) is 0 Å². The van der Waals surface area contributed by atoms with Gasteiger partial charge in [0, 0.05) is 44.4 Å². The first-order chi connectivity index (χ1) is 19.0. The Labute approximate surface area is 228 Å². The van der Waals surface area contributed by atoms with Crippen molar-refractivity contribution in [1.29, 1.82) is 0 Å². The number of carbonyl (C=O) groups excluding carboxylic acids is 2. The van der Waals surface area contributed by atoms with E-state index < -0.39 is 0 Å². The van der Waals surface area contributed by atoms with E-state index in [0.29, 0.717) is 29.1 Å². The smallest absolute Gasteiger partial charge is 0.294 e. The zero-order valence-corrected chi connectivity index (χ0v) is 22.0. The topological polar surface area (TPSA) is 62.3 Å². The molecule has 202 valence electrons. The van der Waals surface area contributed by atoms with Crippen molar-refractivity contribution in [1.82, 2.24) is 9.80 Å². The van der Waals surface area contributed by atoms with Crippen LogP contribution in [-0.4, -0.2) is 68.1 Å². The third kappa shape index (κ3) is 6.35. The van der Waals surface area contributed by atoms with Crippen LogP contribution in [0.15, 0.2) is 78.6 Å². The number of hydrogen-bond donors (Lipinski definition) is 0. The van der Waals surface area contributed by atoms with Gasteiger partial charge in [-0.15, -0.1) is 0 Å². The third-order valence-electron chi connectivity index (χ3n) is 6.99. The molecule has 5 rings (SSSR count). The molecule has 39 heavy (non-hydrogen) atoms. The summed E-state index contributed by atoms with van der Waals surface area (Å²) < 4.78 is 25.7. The van der Waals surface area contributed by atoms with Crippen LogP contribution < -0.4 is 9.64 Å². The summed E-state index contributed by atoms with van der Waals surface area (Å²) >= 11 is 0. The average Bonchev–Trinajstić information content (AvgIpc) is 2.96. The van der Waals surface area contributed by atoms with E-state index in [1.165, 1.54) is 11.0 Å². The van der Waals surface area contributed by atoms with E-state index >= 15 is 0 Å². The third-order valence-corrected chi connectivity index (χ3v) is 6.99. The molecule has 0 radical (unpaired) electrons. The molecule has 2 aliphatic rings. The van der Waals surface area contributed by atoms with Crippen LogP contribution in [0.2, 0.25) is 0 Å². The second-order valence-corrected chi connectivity index (χ2v) is 9.72. The van der Waals surface area contributed by atoms with E-state index in [1.807, 2.05) is 19.2 Å². The van der Waals surface area contributed by atoms with E-state index in [4.69, 9.17) is 9.47 Å². The number of amides is 2. The summed E-state index contributed by atoms with van der Waals surface area (Å²) in [7, 11) is 1.81. The zero-order chi connectivity index (χ0) is 27.2. The SMILES string of the molecule is CN(CCCN1CCOCC1)C(=O)c1ccc(/C=C2\Oc3ccccc3N(Cc3ccccc3F)C2=O)cc1. The highest BCUT2D eigenvalue weighted by Gasteiger charge is 2.30. The highest BCUT2D eigenvalue weighted by Crippen LogP contribution is 2.36. The monoisotopic (exact) mass is 529 g/mol. The number of nitrogens with zero attached hydrogens (tertiary/aromatic N) is 3. The molecule has 2 heterocycles. The predicted molar refractivity (Wildman–Crippen MR) is 148 cm³/mol. The Bertz CT molecular complexity index is 1350. The quantitative estimate of drug-likeness (QED) is 0.400. The Kier molecular flexibility index (Phi) is 8.34. The van der Waals surface area contributed by atoms with Gasteiger partial charge in [0.2, 0.25) is 0 Å². The first kappa shape index (κ1) is 26.6. The Morgan fingerprint density at radius 1 is 1.00 bits per heavy atom. The lowest BCUT2D eigenvalue weighted by Gasteiger charge is -2.30. The number of morpholine rings is 1. The largest absolute Gasteiger partial charge is 0.449 e. The molecular weight excluding hydrogens is 497 g/mol. The van der Waals surface area contributed by atoms with E-state index in [0.717, 1.165) is 44.8 Å². The average molecular weight is 530 g/mol. The van der Waals surface area contributed by atoms with Crippen molar-refractivity contribution in [3.05, 3.63) is 101 Å². The van der Waals surface area contributed by atoms with Gasteiger partial charge in [0.25, 0.3) is 11.8 Å². The molecule has 2 amide bonds. The molecule has 2 aliphatic heterocycles. The van der Waals surface area contributed by atoms with E-state index in [-0.39, 0.29) is 29.9 Å². The Hall–Kier alpha value is -4.01. The van der Waals surface area contributed by atoms with Gasteiger partial charge in [-0.3, -0.25) is 19.4 Å². The van der Waals surface area contributed by atoms with Crippen molar-refractivity contribution >= 4 is 23.6 Å². The van der Waals surface area contributed by atoms with Gasteiger partial charge in [-0.25, -0.2) is 4.39 Å². The fourth-order valence-corrected chi connectivity index (χ4v) is 4.77. The molecular formula is C31H32FN3O4. The van der Waals surface area contributed by atoms with Gasteiger partial charge >= 0.3 is 0 Å². The van der Waals surface area contributed by atoms with Crippen molar-refractivity contribution in [2.75, 3.05) is 51.3 Å². The molecule has 0 aromatic heterocycles. The van der Waals surface area contributed by atoms with Crippen LogP contribution in [0.5, 0.6) is 5.75 Å². The van der Waals surface area contributed by atoms with Gasteiger partial charge in [0.05, 0.1) is 25.4 Å². The van der Waals surface area contributed by atoms with E-state index in [9.17, 15) is 14.0 Å². The maximum Gasteiger partial charge on any atom is 0.294 e. The van der Waals surface area contributed by atoms with Gasteiger partial charge in [0.1, 0.15) is 5.82 Å². The fraction of sp³-hybridized carbons (Fsp3) is 0.290. The number of halogens is 1. The number of hydrogen-bond acceptors (Lipinski definition) is 5. The van der Waals surface area contributed by atoms with Gasteiger partial charge in [-0.05, 0) is 48.4 Å². The van der Waals surface area contributed by atoms with Crippen LogP contribution >= 0.6 is 0 Å². The number of rotatable bonds is 8. The van der Waals surface area contributed by atoms with E-state index in [1.54, 1.807) is 65.6 Å². The lowest BCUT2D eigenvalue weighted by molar-refractivity contribution is -0.117. The molecule has 3 aromatic rings. The fourth-order valence-electron chi connectivity index (χ4n) is 4.77. The number of ether oxygens (including phenoxy) is 2. The minimum absolute atomic E-state index is 0.0498. The van der Waals surface area contributed by atoms with Crippen molar-refractivity contribution in [2.45, 2.75) is 13.0 Å². The minimum atomic E-state index is -0.369. The van der Waals surface area contributed by atoms with Crippen LogP contribution in [0.25, 0.3) is 6.08 Å². The normalized spacial score (nSPS) is 16.6. The van der Waals surface area contributed by atoms with Gasteiger partial charge in [0.15, 0.2) is 11.5 Å². The molecule has 0 bridgehead atoms. The summed E-state index contributed by atoms with van der Waals surface area (Å²) in [5.41, 5.74) is 2.29. The van der Waals surface area contributed by atoms with Crippen molar-refractivity contribution in [2.24, 2.45) is 0 Å². The van der Waals surface area contributed by atoms with E-state index in [2.05, 4.69) is 4.90 Å². The number of carbonyl (C=O) groups is 2. The summed E-state index contributed by atoms with van der Waals surface area (Å²) in [6.45, 7) is 5.10. The summed E-state index contributed by atoms with van der Waals surface area (Å²) in [5.74, 6) is -0.135. The number of para-hydroxylation sites is 2. The number of fused-ring (bicyclic) bond motifs is 1. The van der Waals surface area contributed by atoms with Gasteiger partial charge < -0.3 is 14.4 Å². The van der Waals surface area contributed by atoms with Crippen LogP contribution in [-0.2, 0) is 16.1 Å². The second-order valence-electron chi connectivity index (χ2n) is 9.72. The first-order valence-corrected chi connectivity index (χ1v) is 13.2. The van der Waals surface area contributed by atoms with Crippen LogP contribution in [0, 0.1) is 5.82 Å². The molecule has 0 aliphatic carbocycles. The van der Waals surface area contributed by atoms with Crippen LogP contribution in [0.3, 0.4) is 0 Å². The molecule has 0 unspecified atom stereocenters. The summed E-state index contributed by atoms with van der Waals surface area (Å²) in [4.78, 5) is 32.0. The zero-order valence-electron chi connectivity index (χ0n) is 22.0. The highest BCUT2D eigenvalue weighted by atomic mass is 19.1. The highest BCUT2D eigenvalue weighted by molar-refractivity contribution is 6.09. The summed E-state index contributed by atoms with van der Waals surface area (Å²) in [5, 5.41) is 0. The number of benzene rings is 3.